The van der Waals surface area contributed by atoms with Gasteiger partial charge in [0.2, 0.25) is 0 Å². The summed E-state index contributed by atoms with van der Waals surface area (Å²) in [4.78, 5) is 9.27. The van der Waals surface area contributed by atoms with Crippen LogP contribution in [0.2, 0.25) is 0 Å². The summed E-state index contributed by atoms with van der Waals surface area (Å²) in [5, 5.41) is 2.31. The maximum absolute atomic E-state index is 4.73. The second-order valence-corrected chi connectivity index (χ2v) is 5.10. The third-order valence-corrected chi connectivity index (χ3v) is 3.63. The second kappa shape index (κ2) is 8.19. The molecule has 0 aliphatic rings. The Balaban J connectivity index is 0.000000815. The van der Waals surface area contributed by atoms with Gasteiger partial charge in [-0.15, -0.1) is 35.9 Å². The monoisotopic (exact) mass is 511 g/mol. The van der Waals surface area contributed by atoms with Crippen LogP contribution < -0.4 is 0 Å². The first kappa shape index (κ1) is 16.8. The van der Waals surface area contributed by atoms with Gasteiger partial charge in [0, 0.05) is 11.6 Å². The number of rotatable bonds is 2. The number of benzene rings is 2. The fraction of sp³-hybridized carbons (Fsp3) is 0. The molecule has 0 N–H and O–H groups in total. The first-order valence-electron chi connectivity index (χ1n) is 7.31. The third-order valence-electron chi connectivity index (χ3n) is 3.63. The molecule has 0 radical (unpaired) electrons. The molecule has 120 valence electrons. The van der Waals surface area contributed by atoms with Gasteiger partial charge in [0.1, 0.15) is 0 Å². The average Bonchev–Trinajstić information content (AvgIpc) is 2.70. The molecule has 24 heavy (non-hydrogen) atoms. The number of aromatic nitrogens is 2. The molecule has 4 aromatic rings. The summed E-state index contributed by atoms with van der Waals surface area (Å²) >= 11 is 1.61. The number of fused-ring (bicyclic) bond motifs is 1. The number of hydrogen-bond acceptors (Lipinski definition) is 2. The molecule has 2 aromatic heterocycles. The normalized spacial score (nSPS) is 10.1. The standard InChI is InChI=1S/C20H13N2.ClH.Pt/c1-2-7-15(8-3-1)18-11-6-12-19(22-18)20-13-16-9-4-5-10-17(16)14-21-20;;/h1-7,9-14H;1H;/q-1;;+2/p-1. The molecule has 2 heterocycles. The van der Waals surface area contributed by atoms with Crippen molar-refractivity contribution in [2.75, 3.05) is 0 Å². The Morgan fingerprint density at radius 1 is 0.750 bits per heavy atom. The van der Waals surface area contributed by atoms with Crippen LogP contribution in [0.15, 0.2) is 79.0 Å². The van der Waals surface area contributed by atoms with E-state index in [1.807, 2.05) is 60.8 Å². The van der Waals surface area contributed by atoms with Crippen molar-refractivity contribution in [2.24, 2.45) is 0 Å². The molecule has 0 amide bonds. The molecule has 2 aromatic carbocycles. The zero-order chi connectivity index (χ0) is 16.8. The first-order chi connectivity index (χ1) is 11.9. The molecule has 4 rings (SSSR count). The smallest absolute Gasteiger partial charge is 0.0882 e. The summed E-state index contributed by atoms with van der Waals surface area (Å²) in [6, 6.07) is 27.4. The Morgan fingerprint density at radius 2 is 1.50 bits per heavy atom. The maximum Gasteiger partial charge on any atom is 0.0882 e. The van der Waals surface area contributed by atoms with Crippen molar-refractivity contribution in [3.05, 3.63) is 85.1 Å². The van der Waals surface area contributed by atoms with Crippen molar-refractivity contribution < 1.29 is 18.8 Å². The Bertz CT molecular complexity index is 942. The van der Waals surface area contributed by atoms with Gasteiger partial charge in [0.05, 0.1) is 11.4 Å². The van der Waals surface area contributed by atoms with Crippen LogP contribution in [0.1, 0.15) is 0 Å². The van der Waals surface area contributed by atoms with E-state index in [1.54, 1.807) is 18.8 Å². The minimum atomic E-state index is 0.875. The van der Waals surface area contributed by atoms with E-state index < -0.39 is 0 Å². The SMILES string of the molecule is [Cl][Pt+].[c-]1ccccc1-c1cccc(-c2cc3ccccc3cn2)n1. The van der Waals surface area contributed by atoms with E-state index in [0.29, 0.717) is 0 Å². The average molecular weight is 512 g/mol. The minimum Gasteiger partial charge on any atom is -0.295 e. The van der Waals surface area contributed by atoms with Gasteiger partial charge in [0.15, 0.2) is 0 Å². The van der Waals surface area contributed by atoms with Gasteiger partial charge in [-0.2, -0.15) is 0 Å². The molecule has 0 aliphatic heterocycles. The van der Waals surface area contributed by atoms with Crippen LogP contribution in [0.4, 0.5) is 0 Å². The van der Waals surface area contributed by atoms with Crippen LogP contribution >= 0.6 is 9.42 Å². The Hall–Kier alpha value is -2.02. The number of hydrogen-bond donors (Lipinski definition) is 0. The summed E-state index contributed by atoms with van der Waals surface area (Å²) in [7, 11) is 4.61. The molecule has 0 atom stereocenters. The molecule has 0 bridgehead atoms. The van der Waals surface area contributed by atoms with Gasteiger partial charge in [-0.25, -0.2) is 0 Å². The molecule has 2 nitrogen and oxygen atoms in total. The largest absolute Gasteiger partial charge is 0.295 e. The zero-order valence-electron chi connectivity index (χ0n) is 12.6. The summed E-state index contributed by atoms with van der Waals surface area (Å²) < 4.78 is 0. The quantitative estimate of drug-likeness (QED) is 0.334. The summed E-state index contributed by atoms with van der Waals surface area (Å²) in [6.45, 7) is 0. The first-order valence-corrected chi connectivity index (χ1v) is 10.1. The molecule has 0 saturated heterocycles. The second-order valence-electron chi connectivity index (χ2n) is 5.10. The van der Waals surface area contributed by atoms with Gasteiger partial charge < -0.3 is 0 Å². The van der Waals surface area contributed by atoms with Crippen LogP contribution in [0, 0.1) is 6.07 Å². The van der Waals surface area contributed by atoms with Crippen molar-refractivity contribution in [1.29, 1.82) is 0 Å². The summed E-state index contributed by atoms with van der Waals surface area (Å²) in [5.74, 6) is 0. The fourth-order valence-electron chi connectivity index (χ4n) is 2.50. The van der Waals surface area contributed by atoms with Crippen LogP contribution in [0.25, 0.3) is 33.4 Å². The van der Waals surface area contributed by atoms with Gasteiger partial charge in [-0.1, -0.05) is 36.4 Å². The van der Waals surface area contributed by atoms with Gasteiger partial charge in [0.25, 0.3) is 0 Å². The third kappa shape index (κ3) is 3.72. The number of nitrogens with zero attached hydrogens (tertiary/aromatic N) is 2. The molecular weight excluding hydrogens is 499 g/mol. The van der Waals surface area contributed by atoms with Gasteiger partial charge in [-0.3, -0.25) is 9.97 Å². The topological polar surface area (TPSA) is 25.8 Å². The van der Waals surface area contributed by atoms with E-state index in [-0.39, 0.29) is 0 Å². The van der Waals surface area contributed by atoms with E-state index in [0.717, 1.165) is 28.0 Å². The number of pyridine rings is 2. The number of halogens is 1. The summed E-state index contributed by atoms with van der Waals surface area (Å²) in [5.41, 5.74) is 3.66. The Kier molecular flexibility index (Phi) is 5.74. The molecule has 0 fully saturated rings. The van der Waals surface area contributed by atoms with Crippen molar-refractivity contribution >= 4 is 20.2 Å². The molecule has 0 aliphatic carbocycles. The molecule has 0 saturated carbocycles. The van der Waals surface area contributed by atoms with Crippen LogP contribution in [-0.4, -0.2) is 9.97 Å². The van der Waals surface area contributed by atoms with Crippen molar-refractivity contribution in [2.45, 2.75) is 0 Å². The predicted molar refractivity (Wildman–Crippen MR) is 95.1 cm³/mol. The maximum atomic E-state index is 4.73. The van der Waals surface area contributed by atoms with E-state index in [2.05, 4.69) is 38.7 Å². The van der Waals surface area contributed by atoms with Gasteiger partial charge in [-0.05, 0) is 23.2 Å². The van der Waals surface area contributed by atoms with Crippen LogP contribution in [0.3, 0.4) is 0 Å². The van der Waals surface area contributed by atoms with Crippen molar-refractivity contribution in [3.63, 3.8) is 0 Å². The van der Waals surface area contributed by atoms with Crippen LogP contribution in [-0.2, 0) is 18.8 Å². The summed E-state index contributed by atoms with van der Waals surface area (Å²) in [6.07, 6.45) is 1.90. The fourth-order valence-corrected chi connectivity index (χ4v) is 2.50. The van der Waals surface area contributed by atoms with Crippen molar-refractivity contribution in [3.8, 4) is 22.6 Å². The Morgan fingerprint density at radius 3 is 2.29 bits per heavy atom. The zero-order valence-corrected chi connectivity index (χ0v) is 15.6. The van der Waals surface area contributed by atoms with E-state index in [9.17, 15) is 0 Å². The Labute approximate surface area is 156 Å². The van der Waals surface area contributed by atoms with E-state index in [1.165, 1.54) is 5.39 Å². The van der Waals surface area contributed by atoms with Gasteiger partial charge >= 0.3 is 28.2 Å². The molecule has 0 unspecified atom stereocenters. The minimum absolute atomic E-state index is 0.875. The van der Waals surface area contributed by atoms with E-state index in [4.69, 9.17) is 4.98 Å². The molecule has 0 spiro atoms. The van der Waals surface area contributed by atoms with Crippen LogP contribution in [0.5, 0.6) is 0 Å². The van der Waals surface area contributed by atoms with Crippen molar-refractivity contribution in [1.82, 2.24) is 9.97 Å². The van der Waals surface area contributed by atoms with E-state index >= 15 is 0 Å². The molecule has 4 heteroatoms. The molecular formula is C20H13ClN2Pt. The predicted octanol–water partition coefficient (Wildman–Crippen LogP) is 5.45.